The summed E-state index contributed by atoms with van der Waals surface area (Å²) in [6.45, 7) is 12.4. The Kier molecular flexibility index (Phi) is 17.2. The van der Waals surface area contributed by atoms with E-state index < -0.39 is 29.4 Å². The minimum absolute atomic E-state index is 0. The van der Waals surface area contributed by atoms with E-state index in [2.05, 4.69) is 60.3 Å². The quantitative estimate of drug-likeness (QED) is 0.107. The van der Waals surface area contributed by atoms with Crippen molar-refractivity contribution >= 4 is 41.8 Å². The van der Waals surface area contributed by atoms with Gasteiger partial charge < -0.3 is 4.74 Å². The van der Waals surface area contributed by atoms with Crippen LogP contribution in [0.1, 0.15) is 73.1 Å². The Bertz CT molecular complexity index is 1550. The van der Waals surface area contributed by atoms with Crippen molar-refractivity contribution < 1.29 is 42.4 Å². The molecule has 1 aliphatic carbocycles. The smallest absolute Gasteiger partial charge is 0.191 e. The fraction of sp³-hybridized carbons (Fsp3) is 0.370. The minimum atomic E-state index is -1.94. The summed E-state index contributed by atoms with van der Waals surface area (Å²) in [5.74, 6) is 0.134. The zero-order chi connectivity index (χ0) is 38.7. The summed E-state index contributed by atoms with van der Waals surface area (Å²) < 4.78 is 60.7. The van der Waals surface area contributed by atoms with Crippen LogP contribution in [0.2, 0.25) is 0 Å². The molecule has 2 nitrogen and oxygen atoms in total. The van der Waals surface area contributed by atoms with E-state index in [1.54, 1.807) is 48.5 Å². The van der Waals surface area contributed by atoms with Gasteiger partial charge in [-0.25, -0.2) is 22.6 Å². The number of rotatable bonds is 6. The van der Waals surface area contributed by atoms with Gasteiger partial charge in [0, 0.05) is 20.1 Å². The summed E-state index contributed by atoms with van der Waals surface area (Å²) in [4.78, 5) is 4.84. The van der Waals surface area contributed by atoms with Gasteiger partial charge in [0.25, 0.3) is 0 Å². The molecule has 4 aromatic carbocycles. The average Bonchev–Trinajstić information content (AvgIpc) is 3.83. The number of ether oxygens (including phenoxy) is 1. The maximum Gasteiger partial charge on any atom is 0.191 e. The van der Waals surface area contributed by atoms with Crippen LogP contribution in [-0.4, -0.2) is 41.7 Å². The van der Waals surface area contributed by atoms with Gasteiger partial charge in [-0.2, -0.15) is 21.9 Å². The molecule has 0 amide bonds. The molecule has 5 radical (unpaired) electrons. The molecule has 3 aliphatic rings. The van der Waals surface area contributed by atoms with Gasteiger partial charge in [0.1, 0.15) is 36.0 Å². The Labute approximate surface area is 342 Å². The second-order valence-electron chi connectivity index (χ2n) is 15.8. The molecule has 1 saturated carbocycles. The standard InChI is InChI=1S/C24H16BF4.C14H26NOP.C8H12.Ir/c26-21-9-1-17(2-10-21)25(18-3-11-22(27)12-4-18,19-5-13-23(28)14-6-19)20-7-15-24(29)16-8-20;1-10(2)11-9-16-13(15-11)12-7-6-8-17(12)14(3,4)5;1-2-4-6-8-7-5-3-1;/h1-16H;10-12H,6-9H2,1-5H3;1-2,7-8H,3-6H2;/q-1;;;/t;11-,12+,17+;;/m.0../s1. The molecule has 7 rings (SSSR count). The fourth-order valence-electron chi connectivity index (χ4n) is 7.78. The van der Waals surface area contributed by atoms with E-state index in [-0.39, 0.29) is 28.0 Å². The molecule has 3 atom stereocenters. The first kappa shape index (κ1) is 44.9. The van der Waals surface area contributed by atoms with E-state index in [1.807, 2.05) is 0 Å². The second kappa shape index (κ2) is 21.1. The van der Waals surface area contributed by atoms with Crippen molar-refractivity contribution in [2.75, 3.05) is 12.8 Å². The first-order valence-electron chi connectivity index (χ1n) is 19.4. The third-order valence-corrected chi connectivity index (χ3v) is 14.4. The molecule has 4 aromatic rings. The SMILES string of the molecule is CC(C)[C@@H]1COC([C@H]2CCC[P@@]2C(C)(C)C)=N1.Fc1ccc([B-](c2ccc(F)cc2)(c2ccc(F)cc2)c2ccc(F)cc2)cc1.[CH]1[CH]CC[CH][CH]CC1.[Ir]. The van der Waals surface area contributed by atoms with E-state index in [0.717, 1.165) is 34.4 Å². The van der Waals surface area contributed by atoms with Crippen LogP contribution in [0.25, 0.3) is 0 Å². The minimum Gasteiger partial charge on any atom is -0.478 e. The van der Waals surface area contributed by atoms with Crippen LogP contribution < -0.4 is 21.9 Å². The molecule has 2 heterocycles. The van der Waals surface area contributed by atoms with Crippen molar-refractivity contribution in [3.63, 3.8) is 0 Å². The Balaban J connectivity index is 0.000000217. The van der Waals surface area contributed by atoms with Gasteiger partial charge in [0.05, 0.1) is 11.7 Å². The molecule has 2 aliphatic heterocycles. The molecule has 295 valence electrons. The van der Waals surface area contributed by atoms with E-state index in [4.69, 9.17) is 9.73 Å². The van der Waals surface area contributed by atoms with Crippen molar-refractivity contribution in [2.24, 2.45) is 10.9 Å². The normalized spacial score (nSPS) is 20.0. The fourth-order valence-corrected chi connectivity index (χ4v) is 11.1. The number of nitrogens with zero attached hydrogens (tertiary/aromatic N) is 1. The topological polar surface area (TPSA) is 21.6 Å². The number of halogens is 4. The van der Waals surface area contributed by atoms with Crippen molar-refractivity contribution in [1.82, 2.24) is 0 Å². The summed E-state index contributed by atoms with van der Waals surface area (Å²) in [5, 5.41) is 0.443. The molecule has 0 bridgehead atoms. The van der Waals surface area contributed by atoms with Gasteiger partial charge in [-0.1, -0.05) is 91.1 Å². The Morgan fingerprint density at radius 3 is 1.25 bits per heavy atom. The van der Waals surface area contributed by atoms with Gasteiger partial charge in [0.15, 0.2) is 5.90 Å². The number of aliphatic imine (C=N–C) groups is 1. The Hall–Kier alpha value is -2.79. The van der Waals surface area contributed by atoms with Crippen LogP contribution in [-0.2, 0) is 24.8 Å². The van der Waals surface area contributed by atoms with Crippen molar-refractivity contribution in [1.29, 1.82) is 0 Å². The molecular weight excluding hydrogens is 893 g/mol. The molecule has 0 aromatic heterocycles. The molecule has 2 fully saturated rings. The zero-order valence-corrected chi connectivity index (χ0v) is 36.0. The Morgan fingerprint density at radius 1 is 0.618 bits per heavy atom. The van der Waals surface area contributed by atoms with Crippen LogP contribution in [0.4, 0.5) is 17.6 Å². The van der Waals surface area contributed by atoms with Crippen molar-refractivity contribution in [3.05, 3.63) is 146 Å². The van der Waals surface area contributed by atoms with Crippen molar-refractivity contribution in [2.45, 2.75) is 90.0 Å². The second-order valence-corrected chi connectivity index (χ2v) is 19.1. The first-order valence-corrected chi connectivity index (χ1v) is 21.0. The largest absolute Gasteiger partial charge is 0.478 e. The molecule has 0 spiro atoms. The third kappa shape index (κ3) is 11.9. The maximum absolute atomic E-state index is 13.7. The van der Waals surface area contributed by atoms with Gasteiger partial charge in [-0.05, 0) is 130 Å². The van der Waals surface area contributed by atoms with Crippen LogP contribution >= 0.6 is 7.92 Å². The van der Waals surface area contributed by atoms with E-state index >= 15 is 0 Å². The van der Waals surface area contributed by atoms with Crippen molar-refractivity contribution in [3.8, 4) is 0 Å². The molecule has 0 unspecified atom stereocenters. The number of hydrogen-bond acceptors (Lipinski definition) is 2. The Morgan fingerprint density at radius 2 is 0.964 bits per heavy atom. The van der Waals surface area contributed by atoms with Gasteiger partial charge in [-0.15, -0.1) is 0 Å². The predicted octanol–water partition coefficient (Wildman–Crippen LogP) is 9.88. The van der Waals surface area contributed by atoms with Crippen LogP contribution in [0.15, 0.2) is 102 Å². The predicted molar refractivity (Wildman–Crippen MR) is 222 cm³/mol. The monoisotopic (exact) mass is 947 g/mol. The first-order chi connectivity index (χ1) is 25.9. The van der Waals surface area contributed by atoms with E-state index in [9.17, 15) is 17.6 Å². The summed E-state index contributed by atoms with van der Waals surface area (Å²) >= 11 is 0. The summed E-state index contributed by atoms with van der Waals surface area (Å²) in [7, 11) is 0.0453. The van der Waals surface area contributed by atoms with E-state index in [1.165, 1.54) is 93.2 Å². The molecule has 9 heteroatoms. The molecule has 55 heavy (non-hydrogen) atoms. The number of benzene rings is 4. The van der Waals surface area contributed by atoms with E-state index in [0.29, 0.717) is 22.8 Å². The summed E-state index contributed by atoms with van der Waals surface area (Å²) in [6.07, 6.45) is 16.1. The van der Waals surface area contributed by atoms with Crippen LogP contribution in [0.5, 0.6) is 0 Å². The van der Waals surface area contributed by atoms with Gasteiger partial charge in [0.2, 0.25) is 0 Å². The summed E-state index contributed by atoms with van der Waals surface area (Å²) in [6, 6.07) is 24.5. The third-order valence-electron chi connectivity index (χ3n) is 10.7. The van der Waals surface area contributed by atoms with Crippen LogP contribution in [0.3, 0.4) is 0 Å². The average molecular weight is 947 g/mol. The van der Waals surface area contributed by atoms with Gasteiger partial charge in [-0.3, -0.25) is 0 Å². The maximum atomic E-state index is 13.7. The molecular formula is C46H54BF4IrNOP-. The molecule has 0 N–H and O–H groups in total. The number of hydrogen-bond donors (Lipinski definition) is 0. The summed E-state index contributed by atoms with van der Waals surface area (Å²) in [5.41, 5.74) is 3.63. The zero-order valence-electron chi connectivity index (χ0n) is 32.7. The molecule has 1 saturated heterocycles. The van der Waals surface area contributed by atoms with Gasteiger partial charge >= 0.3 is 0 Å². The van der Waals surface area contributed by atoms with Crippen LogP contribution in [0, 0.1) is 54.9 Å².